The van der Waals surface area contributed by atoms with Crippen LogP contribution in [0.4, 0.5) is 11.4 Å². The summed E-state index contributed by atoms with van der Waals surface area (Å²) in [6.45, 7) is 0. The minimum absolute atomic E-state index is 0.430. The van der Waals surface area contributed by atoms with Gasteiger partial charge >= 0.3 is 0 Å². The Hall–Kier alpha value is -1.38. The lowest BCUT2D eigenvalue weighted by molar-refractivity contribution is 0.303. The van der Waals surface area contributed by atoms with Crippen molar-refractivity contribution in [2.24, 2.45) is 0 Å². The lowest BCUT2D eigenvalue weighted by Gasteiger charge is -2.08. The maximum Gasteiger partial charge on any atom is 0.121 e. The predicted octanol–water partition coefficient (Wildman–Crippen LogP) is 1.85. The number of benzene rings is 1. The fraction of sp³-hybridized carbons (Fsp3) is 0.400. The van der Waals surface area contributed by atoms with E-state index in [4.69, 9.17) is 10.5 Å². The smallest absolute Gasteiger partial charge is 0.121 e. The molecule has 2 rings (SSSR count). The Morgan fingerprint density at radius 3 is 2.77 bits per heavy atom. The molecule has 0 spiro atoms. The molecule has 0 heterocycles. The summed E-state index contributed by atoms with van der Waals surface area (Å²) in [6, 6.07) is 5.75. The van der Waals surface area contributed by atoms with Gasteiger partial charge < -0.3 is 15.8 Å². The van der Waals surface area contributed by atoms with Crippen LogP contribution in [0.1, 0.15) is 12.8 Å². The van der Waals surface area contributed by atoms with Crippen LogP contribution in [0.2, 0.25) is 0 Å². The van der Waals surface area contributed by atoms with E-state index in [0.29, 0.717) is 6.10 Å². The zero-order valence-electron chi connectivity index (χ0n) is 7.71. The van der Waals surface area contributed by atoms with Crippen molar-refractivity contribution in [2.75, 3.05) is 18.1 Å². The van der Waals surface area contributed by atoms with Gasteiger partial charge in [-0.05, 0) is 25.0 Å². The molecule has 0 amide bonds. The molecule has 0 saturated heterocycles. The van der Waals surface area contributed by atoms with Crippen molar-refractivity contribution in [3.63, 3.8) is 0 Å². The Morgan fingerprint density at radius 2 is 2.23 bits per heavy atom. The molecule has 0 bridgehead atoms. The van der Waals surface area contributed by atoms with E-state index in [1.165, 1.54) is 12.8 Å². The average molecular weight is 178 g/mol. The number of nitrogens with two attached hydrogens (primary N) is 1. The Balaban J connectivity index is 2.13. The summed E-state index contributed by atoms with van der Waals surface area (Å²) in [5.74, 6) is 0.874. The molecule has 1 aliphatic rings. The van der Waals surface area contributed by atoms with Gasteiger partial charge in [0.1, 0.15) is 5.75 Å². The number of nitrogens with one attached hydrogen (secondary N) is 1. The first kappa shape index (κ1) is 8.23. The Labute approximate surface area is 77.9 Å². The molecule has 1 fully saturated rings. The van der Waals surface area contributed by atoms with E-state index in [1.54, 1.807) is 0 Å². The van der Waals surface area contributed by atoms with Gasteiger partial charge in [-0.2, -0.15) is 0 Å². The number of hydrogen-bond acceptors (Lipinski definition) is 3. The maximum atomic E-state index is 5.79. The zero-order chi connectivity index (χ0) is 9.26. The van der Waals surface area contributed by atoms with Crippen molar-refractivity contribution in [3.8, 4) is 5.75 Å². The summed E-state index contributed by atoms with van der Waals surface area (Å²) >= 11 is 0. The van der Waals surface area contributed by atoms with Gasteiger partial charge in [0.2, 0.25) is 0 Å². The molecule has 0 aromatic heterocycles. The monoisotopic (exact) mass is 178 g/mol. The van der Waals surface area contributed by atoms with Crippen LogP contribution in [0.15, 0.2) is 18.2 Å². The maximum absolute atomic E-state index is 5.79. The number of anilines is 2. The molecule has 1 saturated carbocycles. The van der Waals surface area contributed by atoms with Crippen LogP contribution >= 0.6 is 0 Å². The number of rotatable bonds is 3. The van der Waals surface area contributed by atoms with E-state index in [1.807, 2.05) is 25.2 Å². The fourth-order valence-electron chi connectivity index (χ4n) is 1.22. The molecule has 1 aliphatic carbocycles. The van der Waals surface area contributed by atoms with Gasteiger partial charge in [0, 0.05) is 13.1 Å². The Bertz CT molecular complexity index is 308. The summed E-state index contributed by atoms with van der Waals surface area (Å²) in [5, 5.41) is 3.01. The minimum Gasteiger partial charge on any atom is -0.490 e. The summed E-state index contributed by atoms with van der Waals surface area (Å²) in [6.07, 6.45) is 2.78. The van der Waals surface area contributed by atoms with Crippen molar-refractivity contribution in [1.82, 2.24) is 0 Å². The molecule has 3 N–H and O–H groups in total. The van der Waals surface area contributed by atoms with Gasteiger partial charge in [-0.1, -0.05) is 0 Å². The Morgan fingerprint density at radius 1 is 1.46 bits per heavy atom. The highest BCUT2D eigenvalue weighted by atomic mass is 16.5. The van der Waals surface area contributed by atoms with E-state index in [2.05, 4.69) is 5.32 Å². The lowest BCUT2D eigenvalue weighted by atomic mass is 10.2. The Kier molecular flexibility index (Phi) is 2.00. The van der Waals surface area contributed by atoms with Crippen LogP contribution in [0.25, 0.3) is 0 Å². The van der Waals surface area contributed by atoms with Crippen LogP contribution in [0.3, 0.4) is 0 Å². The predicted molar refractivity (Wildman–Crippen MR) is 54.1 cm³/mol. The topological polar surface area (TPSA) is 47.3 Å². The first-order valence-corrected chi connectivity index (χ1v) is 4.53. The number of ether oxygens (including phenoxy) is 1. The van der Waals surface area contributed by atoms with Crippen molar-refractivity contribution in [2.45, 2.75) is 18.9 Å². The standard InChI is InChI=1S/C10H14N2O/c1-12-10-5-4-8(6-9(10)11)13-7-2-3-7/h4-7,12H,2-3,11H2,1H3. The molecule has 0 atom stereocenters. The van der Waals surface area contributed by atoms with E-state index < -0.39 is 0 Å². The van der Waals surface area contributed by atoms with Crippen LogP contribution < -0.4 is 15.8 Å². The summed E-state index contributed by atoms with van der Waals surface area (Å²) < 4.78 is 5.60. The molecule has 1 aromatic rings. The van der Waals surface area contributed by atoms with Crippen molar-refractivity contribution >= 4 is 11.4 Å². The van der Waals surface area contributed by atoms with Gasteiger partial charge in [-0.15, -0.1) is 0 Å². The SMILES string of the molecule is CNc1ccc(OC2CC2)cc1N. The second-order valence-corrected chi connectivity index (χ2v) is 3.32. The average Bonchev–Trinajstić information content (AvgIpc) is 2.89. The zero-order valence-corrected chi connectivity index (χ0v) is 7.71. The molecule has 0 aliphatic heterocycles. The second-order valence-electron chi connectivity index (χ2n) is 3.32. The molecule has 3 heteroatoms. The van der Waals surface area contributed by atoms with Crippen molar-refractivity contribution in [3.05, 3.63) is 18.2 Å². The third kappa shape index (κ3) is 1.86. The molecule has 1 aromatic carbocycles. The van der Waals surface area contributed by atoms with Gasteiger partial charge in [0.05, 0.1) is 17.5 Å². The highest BCUT2D eigenvalue weighted by molar-refractivity contribution is 5.67. The van der Waals surface area contributed by atoms with Crippen LogP contribution in [-0.2, 0) is 0 Å². The first-order chi connectivity index (χ1) is 6.29. The van der Waals surface area contributed by atoms with Crippen LogP contribution in [-0.4, -0.2) is 13.2 Å². The highest BCUT2D eigenvalue weighted by Crippen LogP contribution is 2.30. The van der Waals surface area contributed by atoms with E-state index in [0.717, 1.165) is 17.1 Å². The molecule has 13 heavy (non-hydrogen) atoms. The van der Waals surface area contributed by atoms with Crippen LogP contribution in [0, 0.1) is 0 Å². The summed E-state index contributed by atoms with van der Waals surface area (Å²) in [4.78, 5) is 0. The van der Waals surface area contributed by atoms with Crippen LogP contribution in [0.5, 0.6) is 5.75 Å². The normalized spacial score (nSPS) is 15.5. The van der Waals surface area contributed by atoms with Crippen molar-refractivity contribution < 1.29 is 4.74 Å². The largest absolute Gasteiger partial charge is 0.490 e. The molecular formula is C10H14N2O. The summed E-state index contributed by atoms with van der Waals surface area (Å²) in [7, 11) is 1.85. The van der Waals surface area contributed by atoms with E-state index >= 15 is 0 Å². The second kappa shape index (κ2) is 3.17. The summed E-state index contributed by atoms with van der Waals surface area (Å²) in [5.41, 5.74) is 7.47. The number of nitrogen functional groups attached to an aromatic ring is 1. The van der Waals surface area contributed by atoms with Gasteiger partial charge in [-0.25, -0.2) is 0 Å². The number of hydrogen-bond donors (Lipinski definition) is 2. The molecular weight excluding hydrogens is 164 g/mol. The highest BCUT2D eigenvalue weighted by Gasteiger charge is 2.23. The lowest BCUT2D eigenvalue weighted by Crippen LogP contribution is -1.99. The third-order valence-corrected chi connectivity index (χ3v) is 2.12. The van der Waals surface area contributed by atoms with Gasteiger partial charge in [-0.3, -0.25) is 0 Å². The van der Waals surface area contributed by atoms with E-state index in [9.17, 15) is 0 Å². The molecule has 70 valence electrons. The molecule has 0 radical (unpaired) electrons. The first-order valence-electron chi connectivity index (χ1n) is 4.53. The quantitative estimate of drug-likeness (QED) is 0.694. The molecule has 3 nitrogen and oxygen atoms in total. The minimum atomic E-state index is 0.430. The third-order valence-electron chi connectivity index (χ3n) is 2.12. The van der Waals surface area contributed by atoms with Gasteiger partial charge in [0.15, 0.2) is 0 Å². The van der Waals surface area contributed by atoms with Gasteiger partial charge in [0.25, 0.3) is 0 Å². The molecule has 0 unspecified atom stereocenters. The van der Waals surface area contributed by atoms with Crippen molar-refractivity contribution in [1.29, 1.82) is 0 Å². The fourth-order valence-corrected chi connectivity index (χ4v) is 1.22. The van der Waals surface area contributed by atoms with E-state index in [-0.39, 0.29) is 0 Å².